The second kappa shape index (κ2) is 4.84. The topological polar surface area (TPSA) is 66.8 Å². The molecule has 0 radical (unpaired) electrons. The summed E-state index contributed by atoms with van der Waals surface area (Å²) in [5.74, 6) is -0.571. The maximum absolute atomic E-state index is 10.7. The molecule has 0 bridgehead atoms. The zero-order chi connectivity index (χ0) is 12.3. The average Bonchev–Trinajstić information content (AvgIpc) is 2.17. The summed E-state index contributed by atoms with van der Waals surface area (Å²) in [6.45, 7) is 1.27. The number of carbonyl (C=O) groups is 1. The lowest BCUT2D eigenvalue weighted by molar-refractivity contribution is -0.156. The molecule has 0 aromatic heterocycles. The van der Waals surface area contributed by atoms with Gasteiger partial charge in [-0.25, -0.2) is 4.79 Å². The number of carboxylic acid groups (broad SMARTS) is 1. The highest BCUT2D eigenvalue weighted by molar-refractivity contribution is 9.10. The van der Waals surface area contributed by atoms with E-state index in [0.29, 0.717) is 5.75 Å². The Morgan fingerprint density at radius 3 is 2.62 bits per heavy atom. The summed E-state index contributed by atoms with van der Waals surface area (Å²) in [4.78, 5) is 10.7. The van der Waals surface area contributed by atoms with E-state index >= 15 is 0 Å². The molecule has 0 amide bonds. The van der Waals surface area contributed by atoms with E-state index in [-0.39, 0.29) is 6.42 Å². The molecule has 0 saturated carbocycles. The van der Waals surface area contributed by atoms with Crippen molar-refractivity contribution in [2.75, 3.05) is 7.11 Å². The van der Waals surface area contributed by atoms with Gasteiger partial charge in [0.2, 0.25) is 0 Å². The van der Waals surface area contributed by atoms with Crippen molar-refractivity contribution >= 4 is 21.9 Å². The number of aliphatic carboxylic acids is 1. The van der Waals surface area contributed by atoms with E-state index in [1.165, 1.54) is 6.92 Å². The number of ether oxygens (including phenoxy) is 1. The van der Waals surface area contributed by atoms with E-state index in [4.69, 9.17) is 9.84 Å². The third kappa shape index (κ3) is 2.96. The van der Waals surface area contributed by atoms with Crippen LogP contribution in [0.5, 0.6) is 5.75 Å². The Balaban J connectivity index is 2.91. The standard InChI is InChI=1S/C11H13BrO4/c1-11(15,10(13)14)6-7-3-4-9(16-2)8(12)5-7/h3-5,15H,6H2,1-2H3,(H,13,14). The van der Waals surface area contributed by atoms with Gasteiger partial charge in [-0.15, -0.1) is 0 Å². The number of benzene rings is 1. The van der Waals surface area contributed by atoms with Crippen molar-refractivity contribution in [3.63, 3.8) is 0 Å². The fraction of sp³-hybridized carbons (Fsp3) is 0.364. The second-order valence-corrected chi connectivity index (χ2v) is 4.58. The number of rotatable bonds is 4. The van der Waals surface area contributed by atoms with Crippen LogP contribution in [-0.2, 0) is 11.2 Å². The van der Waals surface area contributed by atoms with Crippen molar-refractivity contribution in [3.8, 4) is 5.75 Å². The van der Waals surface area contributed by atoms with Crippen LogP contribution in [0, 0.1) is 0 Å². The molecule has 0 saturated heterocycles. The highest BCUT2D eigenvalue weighted by Crippen LogP contribution is 2.27. The fourth-order valence-corrected chi connectivity index (χ4v) is 1.88. The highest BCUT2D eigenvalue weighted by atomic mass is 79.9. The van der Waals surface area contributed by atoms with Crippen LogP contribution < -0.4 is 4.74 Å². The minimum Gasteiger partial charge on any atom is -0.496 e. The van der Waals surface area contributed by atoms with Crippen molar-refractivity contribution in [1.82, 2.24) is 0 Å². The minimum atomic E-state index is -1.76. The summed E-state index contributed by atoms with van der Waals surface area (Å²) in [7, 11) is 1.55. The SMILES string of the molecule is COc1ccc(CC(C)(O)C(=O)O)cc1Br. The molecule has 0 aliphatic carbocycles. The third-order valence-corrected chi connectivity index (χ3v) is 2.84. The van der Waals surface area contributed by atoms with Gasteiger partial charge in [-0.3, -0.25) is 0 Å². The van der Waals surface area contributed by atoms with E-state index in [1.807, 2.05) is 0 Å². The summed E-state index contributed by atoms with van der Waals surface area (Å²) >= 11 is 3.30. The largest absolute Gasteiger partial charge is 0.496 e. The van der Waals surface area contributed by atoms with Crippen LogP contribution in [0.2, 0.25) is 0 Å². The molecular weight excluding hydrogens is 276 g/mol. The zero-order valence-corrected chi connectivity index (χ0v) is 10.6. The first-order valence-electron chi connectivity index (χ1n) is 4.65. The number of hydrogen-bond acceptors (Lipinski definition) is 3. The van der Waals surface area contributed by atoms with Gasteiger partial charge >= 0.3 is 5.97 Å². The van der Waals surface area contributed by atoms with Crippen LogP contribution in [-0.4, -0.2) is 28.9 Å². The first kappa shape index (κ1) is 13.0. The quantitative estimate of drug-likeness (QED) is 0.887. The van der Waals surface area contributed by atoms with Gasteiger partial charge in [-0.1, -0.05) is 6.07 Å². The lowest BCUT2D eigenvalue weighted by Crippen LogP contribution is -2.37. The summed E-state index contributed by atoms with van der Waals surface area (Å²) in [6, 6.07) is 5.18. The molecule has 1 unspecified atom stereocenters. The van der Waals surface area contributed by atoms with E-state index in [0.717, 1.165) is 10.0 Å². The lowest BCUT2D eigenvalue weighted by Gasteiger charge is -2.18. The monoisotopic (exact) mass is 288 g/mol. The van der Waals surface area contributed by atoms with Crippen molar-refractivity contribution in [1.29, 1.82) is 0 Å². The first-order valence-corrected chi connectivity index (χ1v) is 5.44. The maximum Gasteiger partial charge on any atom is 0.335 e. The molecule has 1 aromatic carbocycles. The summed E-state index contributed by atoms with van der Waals surface area (Å²) < 4.78 is 5.78. The molecule has 0 heterocycles. The first-order chi connectivity index (χ1) is 7.36. The van der Waals surface area contributed by atoms with Crippen molar-refractivity contribution in [2.24, 2.45) is 0 Å². The summed E-state index contributed by atoms with van der Waals surface area (Å²) in [5.41, 5.74) is -1.03. The predicted molar refractivity (Wildman–Crippen MR) is 62.7 cm³/mol. The normalized spacial score (nSPS) is 14.2. The van der Waals surface area contributed by atoms with Gasteiger partial charge in [-0.2, -0.15) is 0 Å². The fourth-order valence-electron chi connectivity index (χ4n) is 1.29. The van der Waals surface area contributed by atoms with Gasteiger partial charge < -0.3 is 14.9 Å². The number of halogens is 1. The van der Waals surface area contributed by atoms with Gasteiger partial charge in [-0.05, 0) is 40.5 Å². The van der Waals surface area contributed by atoms with Crippen LogP contribution in [0.15, 0.2) is 22.7 Å². The van der Waals surface area contributed by atoms with E-state index < -0.39 is 11.6 Å². The van der Waals surface area contributed by atoms with Crippen molar-refractivity contribution in [3.05, 3.63) is 28.2 Å². The molecule has 0 spiro atoms. The maximum atomic E-state index is 10.7. The van der Waals surface area contributed by atoms with Gasteiger partial charge in [0, 0.05) is 6.42 Å². The highest BCUT2D eigenvalue weighted by Gasteiger charge is 2.30. The number of aliphatic hydroxyl groups is 1. The Kier molecular flexibility index (Phi) is 3.93. The van der Waals surface area contributed by atoms with E-state index in [9.17, 15) is 9.90 Å². The molecule has 88 valence electrons. The Labute approximate surface area is 102 Å². The van der Waals surface area contributed by atoms with E-state index in [1.54, 1.807) is 25.3 Å². The third-order valence-electron chi connectivity index (χ3n) is 2.23. The lowest BCUT2D eigenvalue weighted by atomic mass is 9.97. The molecule has 0 fully saturated rings. The molecule has 0 aliphatic rings. The molecule has 16 heavy (non-hydrogen) atoms. The Morgan fingerprint density at radius 2 is 2.19 bits per heavy atom. The van der Waals surface area contributed by atoms with Crippen LogP contribution in [0.25, 0.3) is 0 Å². The van der Waals surface area contributed by atoms with Crippen molar-refractivity contribution in [2.45, 2.75) is 18.9 Å². The Hall–Kier alpha value is -1.07. The van der Waals surface area contributed by atoms with Crippen LogP contribution in [0.4, 0.5) is 0 Å². The molecule has 1 aromatic rings. The van der Waals surface area contributed by atoms with Gasteiger partial charge in [0.15, 0.2) is 5.60 Å². The smallest absolute Gasteiger partial charge is 0.335 e. The van der Waals surface area contributed by atoms with Crippen molar-refractivity contribution < 1.29 is 19.7 Å². The molecular formula is C11H13BrO4. The molecule has 4 nitrogen and oxygen atoms in total. The predicted octanol–water partition coefficient (Wildman–Crippen LogP) is 1.84. The number of hydrogen-bond donors (Lipinski definition) is 2. The van der Waals surface area contributed by atoms with E-state index in [2.05, 4.69) is 15.9 Å². The zero-order valence-electron chi connectivity index (χ0n) is 9.03. The molecule has 2 N–H and O–H groups in total. The molecule has 1 atom stereocenters. The van der Waals surface area contributed by atoms with Crippen LogP contribution >= 0.6 is 15.9 Å². The second-order valence-electron chi connectivity index (χ2n) is 3.72. The molecule has 5 heteroatoms. The molecule has 1 rings (SSSR count). The van der Waals surface area contributed by atoms with Gasteiger partial charge in [0.25, 0.3) is 0 Å². The molecule has 0 aliphatic heterocycles. The van der Waals surface area contributed by atoms with Crippen LogP contribution in [0.3, 0.4) is 0 Å². The average molecular weight is 289 g/mol. The Morgan fingerprint density at radius 1 is 1.56 bits per heavy atom. The number of carboxylic acids is 1. The van der Waals surface area contributed by atoms with Gasteiger partial charge in [0.1, 0.15) is 5.75 Å². The summed E-state index contributed by atoms with van der Waals surface area (Å²) in [6.07, 6.45) is 0.0466. The Bertz CT molecular complexity index is 401. The van der Waals surface area contributed by atoms with Gasteiger partial charge in [0.05, 0.1) is 11.6 Å². The number of methoxy groups -OCH3 is 1. The summed E-state index contributed by atoms with van der Waals surface area (Å²) in [5, 5.41) is 18.4. The minimum absolute atomic E-state index is 0.0466. The van der Waals surface area contributed by atoms with Crippen LogP contribution in [0.1, 0.15) is 12.5 Å².